The molecule has 0 saturated heterocycles. The monoisotopic (exact) mass is 454 g/mol. The van der Waals surface area contributed by atoms with Crippen LogP contribution < -0.4 is 10.0 Å². The number of hydrogen-bond donors (Lipinski definition) is 2. The number of carbonyl (C=O) groups is 1. The fourth-order valence-electron chi connectivity index (χ4n) is 2.93. The summed E-state index contributed by atoms with van der Waals surface area (Å²) in [6.07, 6.45) is 4.77. The summed E-state index contributed by atoms with van der Waals surface area (Å²) in [6, 6.07) is 5.22. The average molecular weight is 455 g/mol. The quantitative estimate of drug-likeness (QED) is 0.610. The number of ether oxygens (including phenoxy) is 1. The van der Waals surface area contributed by atoms with Gasteiger partial charge in [-0.15, -0.1) is 4.40 Å². The molecule has 1 aromatic carbocycles. The van der Waals surface area contributed by atoms with Crippen LogP contribution in [0, 0.1) is 0 Å². The van der Waals surface area contributed by atoms with Crippen molar-refractivity contribution < 1.29 is 26.4 Å². The third-order valence-electron chi connectivity index (χ3n) is 4.30. The van der Waals surface area contributed by atoms with Gasteiger partial charge in [0.25, 0.3) is 15.9 Å². The number of allylic oxidation sites excluding steroid dienone is 2. The molecule has 30 heavy (non-hydrogen) atoms. The molecule has 1 unspecified atom stereocenters. The Labute approximate surface area is 175 Å². The molecule has 12 heteroatoms. The maximum absolute atomic E-state index is 12.7. The third-order valence-corrected chi connectivity index (χ3v) is 7.05. The first-order chi connectivity index (χ1) is 14.1. The zero-order valence-electron chi connectivity index (χ0n) is 16.4. The fraction of sp³-hybridized carbons (Fsp3) is 0.333. The minimum atomic E-state index is -3.73. The lowest BCUT2D eigenvalue weighted by molar-refractivity contribution is -0.112. The molecule has 10 nitrogen and oxygen atoms in total. The topological polar surface area (TPSA) is 134 Å². The van der Waals surface area contributed by atoms with Gasteiger partial charge in [0.05, 0.1) is 22.8 Å². The second-order valence-electron chi connectivity index (χ2n) is 6.77. The van der Waals surface area contributed by atoms with Crippen molar-refractivity contribution in [2.45, 2.75) is 17.9 Å². The lowest BCUT2D eigenvalue weighted by atomic mass is 10.1. The predicted octanol–water partition coefficient (Wildman–Crippen LogP) is 0.436. The van der Waals surface area contributed by atoms with Gasteiger partial charge in [0.15, 0.2) is 5.84 Å². The molecule has 0 spiro atoms. The highest BCUT2D eigenvalue weighted by molar-refractivity contribution is 7.90. The lowest BCUT2D eigenvalue weighted by Crippen LogP contribution is -2.40. The Kier molecular flexibility index (Phi) is 6.41. The molecule has 0 aliphatic carbocycles. The number of rotatable bonds is 7. The van der Waals surface area contributed by atoms with Gasteiger partial charge in [-0.1, -0.05) is 0 Å². The van der Waals surface area contributed by atoms with Gasteiger partial charge in [-0.05, 0) is 43.3 Å². The van der Waals surface area contributed by atoms with E-state index in [1.807, 2.05) is 0 Å². The summed E-state index contributed by atoms with van der Waals surface area (Å²) < 4.78 is 59.5. The van der Waals surface area contributed by atoms with Crippen LogP contribution in [0.5, 0.6) is 0 Å². The second-order valence-corrected chi connectivity index (χ2v) is 10.2. The number of carbonyl (C=O) groups excluding carboxylic acids is 1. The van der Waals surface area contributed by atoms with Gasteiger partial charge in [-0.3, -0.25) is 4.79 Å². The highest BCUT2D eigenvalue weighted by Gasteiger charge is 2.30. The maximum atomic E-state index is 12.7. The standard InChI is InChI=1S/C18H22N4O6S2/c1-13(12-28-2)20-30(26,27)15-7-5-14(6-8-15)19-18(23)16-4-3-9-22-10-11-29(24,25)21-17(16)22/h3-9,13,20H,10-12H2,1-2H3,(H,19,23). The molecule has 162 valence electrons. The molecule has 3 rings (SSSR count). The Balaban J connectivity index is 1.74. The number of sulfonamides is 2. The van der Waals surface area contributed by atoms with Crippen LogP contribution in [0.2, 0.25) is 0 Å². The molecule has 0 bridgehead atoms. The number of amides is 1. The van der Waals surface area contributed by atoms with Crippen LogP contribution in [0.25, 0.3) is 0 Å². The molecule has 2 aliphatic heterocycles. The summed E-state index contributed by atoms with van der Waals surface area (Å²) in [5.41, 5.74) is 0.456. The molecule has 2 N–H and O–H groups in total. The van der Waals surface area contributed by atoms with Crippen molar-refractivity contribution in [3.05, 3.63) is 48.2 Å². The molecular weight excluding hydrogens is 432 g/mol. The Morgan fingerprint density at radius 2 is 2.00 bits per heavy atom. The summed E-state index contributed by atoms with van der Waals surface area (Å²) in [4.78, 5) is 14.3. The number of methoxy groups -OCH3 is 1. The molecular formula is C18H22N4O6S2. The molecule has 1 atom stereocenters. The van der Waals surface area contributed by atoms with Crippen molar-refractivity contribution in [1.29, 1.82) is 0 Å². The normalized spacial score (nSPS) is 18.8. The molecule has 1 aromatic rings. The van der Waals surface area contributed by atoms with Crippen LogP contribution in [0.15, 0.2) is 57.5 Å². The molecule has 0 saturated carbocycles. The van der Waals surface area contributed by atoms with Crippen molar-refractivity contribution in [2.75, 3.05) is 31.3 Å². The lowest BCUT2D eigenvalue weighted by Gasteiger charge is -2.28. The van der Waals surface area contributed by atoms with Gasteiger partial charge in [0.1, 0.15) is 0 Å². The smallest absolute Gasteiger partial charge is 0.259 e. The van der Waals surface area contributed by atoms with E-state index in [-0.39, 0.29) is 35.2 Å². The fourth-order valence-corrected chi connectivity index (χ4v) is 5.14. The van der Waals surface area contributed by atoms with E-state index < -0.39 is 32.0 Å². The number of benzene rings is 1. The maximum Gasteiger partial charge on any atom is 0.259 e. The van der Waals surface area contributed by atoms with Crippen molar-refractivity contribution in [3.63, 3.8) is 0 Å². The predicted molar refractivity (Wildman–Crippen MR) is 112 cm³/mol. The van der Waals surface area contributed by atoms with Gasteiger partial charge in [0.2, 0.25) is 10.0 Å². The Hall–Kier alpha value is -2.54. The molecule has 2 heterocycles. The van der Waals surface area contributed by atoms with Crippen LogP contribution in [0.4, 0.5) is 5.69 Å². The van der Waals surface area contributed by atoms with Gasteiger partial charge in [-0.2, -0.15) is 0 Å². The van der Waals surface area contributed by atoms with Gasteiger partial charge in [0, 0.05) is 31.6 Å². The van der Waals surface area contributed by atoms with Crippen LogP contribution in [0.3, 0.4) is 0 Å². The van der Waals surface area contributed by atoms with E-state index >= 15 is 0 Å². The van der Waals surface area contributed by atoms with E-state index in [9.17, 15) is 21.6 Å². The number of fused-ring (bicyclic) bond motifs is 1. The van der Waals surface area contributed by atoms with Crippen LogP contribution in [-0.2, 0) is 29.6 Å². The zero-order valence-corrected chi connectivity index (χ0v) is 18.0. The Bertz CT molecular complexity index is 1120. The van der Waals surface area contributed by atoms with E-state index in [1.165, 1.54) is 37.5 Å². The first-order valence-corrected chi connectivity index (χ1v) is 12.1. The molecule has 0 fully saturated rings. The van der Waals surface area contributed by atoms with Gasteiger partial charge in [-0.25, -0.2) is 21.6 Å². The SMILES string of the molecule is COCC(C)NS(=O)(=O)c1ccc(NC(=O)C2=CC=CN3CCS(=O)(=O)N=C23)cc1. The van der Waals surface area contributed by atoms with Gasteiger partial charge >= 0.3 is 0 Å². The van der Waals surface area contributed by atoms with Crippen molar-refractivity contribution in [2.24, 2.45) is 4.40 Å². The zero-order chi connectivity index (χ0) is 21.9. The van der Waals surface area contributed by atoms with E-state index in [2.05, 4.69) is 14.4 Å². The second kappa shape index (κ2) is 8.68. The first kappa shape index (κ1) is 22.2. The number of hydrogen-bond acceptors (Lipinski definition) is 7. The number of nitrogens with zero attached hydrogens (tertiary/aromatic N) is 2. The molecule has 1 amide bonds. The molecule has 2 aliphatic rings. The van der Waals surface area contributed by atoms with Crippen LogP contribution >= 0.6 is 0 Å². The van der Waals surface area contributed by atoms with E-state index in [0.29, 0.717) is 5.69 Å². The minimum Gasteiger partial charge on any atom is -0.383 e. The summed E-state index contributed by atoms with van der Waals surface area (Å²) in [7, 11) is -5.87. The van der Waals surface area contributed by atoms with Crippen LogP contribution in [0.1, 0.15) is 6.92 Å². The highest BCUT2D eigenvalue weighted by Crippen LogP contribution is 2.20. The number of anilines is 1. The highest BCUT2D eigenvalue weighted by atomic mass is 32.2. The summed E-state index contributed by atoms with van der Waals surface area (Å²) >= 11 is 0. The van der Waals surface area contributed by atoms with Crippen LogP contribution in [-0.4, -0.2) is 65.5 Å². The number of amidine groups is 1. The summed E-state index contributed by atoms with van der Waals surface area (Å²) in [6.45, 7) is 2.12. The van der Waals surface area contributed by atoms with Crippen molar-refractivity contribution >= 4 is 37.5 Å². The van der Waals surface area contributed by atoms with E-state index in [1.54, 1.807) is 24.1 Å². The molecule has 0 radical (unpaired) electrons. The Morgan fingerprint density at radius 3 is 2.67 bits per heavy atom. The largest absolute Gasteiger partial charge is 0.383 e. The van der Waals surface area contributed by atoms with Crippen molar-refractivity contribution in [3.8, 4) is 0 Å². The van der Waals surface area contributed by atoms with Gasteiger partial charge < -0.3 is 15.0 Å². The number of nitrogens with one attached hydrogen (secondary N) is 2. The summed E-state index contributed by atoms with van der Waals surface area (Å²) in [5, 5.41) is 2.63. The van der Waals surface area contributed by atoms with E-state index in [0.717, 1.165) is 0 Å². The average Bonchev–Trinajstić information content (AvgIpc) is 2.67. The third kappa shape index (κ3) is 5.14. The molecule has 0 aromatic heterocycles. The summed E-state index contributed by atoms with van der Waals surface area (Å²) in [5.74, 6) is -0.609. The Morgan fingerprint density at radius 1 is 1.30 bits per heavy atom. The van der Waals surface area contributed by atoms with E-state index in [4.69, 9.17) is 4.74 Å². The van der Waals surface area contributed by atoms with Crippen molar-refractivity contribution in [1.82, 2.24) is 9.62 Å². The first-order valence-electron chi connectivity index (χ1n) is 9.02. The minimum absolute atomic E-state index is 0.0391.